The fraction of sp³-hybridized carbons (Fsp3) is 0.321. The number of ether oxygens (including phenoxy) is 1. The Bertz CT molecular complexity index is 1280. The van der Waals surface area contributed by atoms with Gasteiger partial charge in [0.05, 0.1) is 36.8 Å². The summed E-state index contributed by atoms with van der Waals surface area (Å²) in [6.45, 7) is 7.75. The minimum Gasteiger partial charge on any atom is -0.494 e. The smallest absolute Gasteiger partial charge is 0.247 e. The zero-order chi connectivity index (χ0) is 26.5. The molecule has 2 fully saturated rings. The summed E-state index contributed by atoms with van der Waals surface area (Å²) < 4.78 is 5.74. The molecule has 0 saturated carbocycles. The Kier molecular flexibility index (Phi) is 7.71. The third-order valence-corrected chi connectivity index (χ3v) is 6.81. The number of carbonyl (C=O) groups is 1. The molecule has 2 aliphatic heterocycles. The topological polar surface area (TPSA) is 95.1 Å². The van der Waals surface area contributed by atoms with Crippen LogP contribution in [0.2, 0.25) is 0 Å². The van der Waals surface area contributed by atoms with Crippen LogP contribution in [0.5, 0.6) is 5.75 Å². The van der Waals surface area contributed by atoms with Crippen molar-refractivity contribution in [1.82, 2.24) is 14.9 Å². The number of methoxy groups -OCH3 is 1. The van der Waals surface area contributed by atoms with Gasteiger partial charge in [-0.2, -0.15) is 4.98 Å². The van der Waals surface area contributed by atoms with Crippen molar-refractivity contribution in [3.05, 3.63) is 72.9 Å². The SMILES string of the molecule is C=CC(=O)Nc1cc(Nc2nccc(N3OCC[C@@H]3c3ccccc3)n2)c(OC)cc1N1CCN(C)CC1. The molecule has 0 unspecified atom stereocenters. The maximum Gasteiger partial charge on any atom is 0.247 e. The predicted octanol–water partition coefficient (Wildman–Crippen LogP) is 3.99. The van der Waals surface area contributed by atoms with Gasteiger partial charge in [0.1, 0.15) is 5.75 Å². The number of carbonyl (C=O) groups excluding carboxylic acids is 1. The van der Waals surface area contributed by atoms with Crippen molar-refractivity contribution in [3.63, 3.8) is 0 Å². The molecule has 3 aromatic rings. The van der Waals surface area contributed by atoms with Crippen LogP contribution < -0.4 is 25.3 Å². The minimum atomic E-state index is -0.284. The second-order valence-corrected chi connectivity index (χ2v) is 9.29. The van der Waals surface area contributed by atoms with E-state index < -0.39 is 0 Å². The van der Waals surface area contributed by atoms with E-state index in [9.17, 15) is 4.79 Å². The van der Waals surface area contributed by atoms with Crippen LogP contribution in [0.25, 0.3) is 0 Å². The van der Waals surface area contributed by atoms with Gasteiger partial charge in [0.15, 0.2) is 5.82 Å². The first-order chi connectivity index (χ1) is 18.6. The summed E-state index contributed by atoms with van der Waals surface area (Å²) in [6.07, 6.45) is 3.82. The number of piperazine rings is 1. The summed E-state index contributed by atoms with van der Waals surface area (Å²) in [5, 5.41) is 8.07. The van der Waals surface area contributed by atoms with E-state index in [2.05, 4.69) is 51.2 Å². The lowest BCUT2D eigenvalue weighted by Gasteiger charge is -2.35. The van der Waals surface area contributed by atoms with Crippen LogP contribution in [0, 0.1) is 0 Å². The number of benzene rings is 2. The molecule has 10 heteroatoms. The molecule has 5 rings (SSSR count). The molecule has 2 aliphatic rings. The second-order valence-electron chi connectivity index (χ2n) is 9.29. The molecule has 3 heterocycles. The van der Waals surface area contributed by atoms with Crippen molar-refractivity contribution in [2.75, 3.05) is 67.5 Å². The predicted molar refractivity (Wildman–Crippen MR) is 149 cm³/mol. The van der Waals surface area contributed by atoms with E-state index in [0.717, 1.165) is 38.3 Å². The van der Waals surface area contributed by atoms with Crippen molar-refractivity contribution in [1.29, 1.82) is 0 Å². The quantitative estimate of drug-likeness (QED) is 0.432. The van der Waals surface area contributed by atoms with Gasteiger partial charge in [-0.25, -0.2) is 10.0 Å². The van der Waals surface area contributed by atoms with Crippen molar-refractivity contribution in [2.45, 2.75) is 12.5 Å². The number of aromatic nitrogens is 2. The fourth-order valence-corrected chi connectivity index (χ4v) is 4.75. The minimum absolute atomic E-state index is 0.0667. The highest BCUT2D eigenvalue weighted by Gasteiger charge is 2.29. The van der Waals surface area contributed by atoms with Crippen molar-refractivity contribution < 1.29 is 14.4 Å². The van der Waals surface area contributed by atoms with Gasteiger partial charge in [-0.15, -0.1) is 0 Å². The maximum atomic E-state index is 12.3. The Hall–Kier alpha value is -4.15. The molecule has 2 aromatic carbocycles. The summed E-state index contributed by atoms with van der Waals surface area (Å²) in [5.41, 5.74) is 3.35. The van der Waals surface area contributed by atoms with Gasteiger partial charge < -0.3 is 25.2 Å². The number of hydroxylamine groups is 1. The third-order valence-electron chi connectivity index (χ3n) is 6.81. The van der Waals surface area contributed by atoms with Gasteiger partial charge in [0.2, 0.25) is 11.9 Å². The van der Waals surface area contributed by atoms with Crippen LogP contribution in [0.15, 0.2) is 67.4 Å². The second kappa shape index (κ2) is 11.5. The molecule has 2 N–H and O–H groups in total. The number of amides is 1. The van der Waals surface area contributed by atoms with Gasteiger partial charge in [0.25, 0.3) is 0 Å². The number of nitrogens with zero attached hydrogens (tertiary/aromatic N) is 5. The fourth-order valence-electron chi connectivity index (χ4n) is 4.75. The molecule has 0 bridgehead atoms. The molecule has 10 nitrogen and oxygen atoms in total. The van der Waals surface area contributed by atoms with E-state index in [1.165, 1.54) is 11.6 Å². The molecule has 38 heavy (non-hydrogen) atoms. The highest BCUT2D eigenvalue weighted by atomic mass is 16.7. The highest BCUT2D eigenvalue weighted by molar-refractivity contribution is 6.02. The molecule has 1 aromatic heterocycles. The highest BCUT2D eigenvalue weighted by Crippen LogP contribution is 2.39. The van der Waals surface area contributed by atoms with Crippen LogP contribution >= 0.6 is 0 Å². The number of rotatable bonds is 8. The Morgan fingerprint density at radius 2 is 1.92 bits per heavy atom. The monoisotopic (exact) mass is 515 g/mol. The first-order valence-electron chi connectivity index (χ1n) is 12.7. The van der Waals surface area contributed by atoms with Crippen LogP contribution in [-0.4, -0.2) is 67.7 Å². The summed E-state index contributed by atoms with van der Waals surface area (Å²) in [4.78, 5) is 31.9. The summed E-state index contributed by atoms with van der Waals surface area (Å²) in [6, 6.07) is 15.9. The maximum absolute atomic E-state index is 12.3. The largest absolute Gasteiger partial charge is 0.494 e. The summed E-state index contributed by atoms with van der Waals surface area (Å²) in [5.74, 6) is 1.37. The Morgan fingerprint density at radius 3 is 2.66 bits per heavy atom. The van der Waals surface area contributed by atoms with Crippen LogP contribution in [0.1, 0.15) is 18.0 Å². The first-order valence-corrected chi connectivity index (χ1v) is 12.7. The molecule has 198 valence electrons. The van der Waals surface area contributed by atoms with E-state index in [-0.39, 0.29) is 11.9 Å². The lowest BCUT2D eigenvalue weighted by molar-refractivity contribution is -0.111. The number of anilines is 5. The Balaban J connectivity index is 1.44. The lowest BCUT2D eigenvalue weighted by atomic mass is 10.0. The van der Waals surface area contributed by atoms with Gasteiger partial charge in [-0.1, -0.05) is 36.9 Å². The molecule has 1 amide bonds. The molecule has 0 spiro atoms. The number of hydrogen-bond donors (Lipinski definition) is 2. The number of nitrogens with one attached hydrogen (secondary N) is 2. The Morgan fingerprint density at radius 1 is 1.13 bits per heavy atom. The van der Waals surface area contributed by atoms with Gasteiger partial charge in [-0.05, 0) is 24.8 Å². The van der Waals surface area contributed by atoms with Crippen LogP contribution in [0.4, 0.5) is 28.8 Å². The van der Waals surface area contributed by atoms with E-state index in [1.54, 1.807) is 13.3 Å². The van der Waals surface area contributed by atoms with Gasteiger partial charge in [0, 0.05) is 50.9 Å². The third kappa shape index (κ3) is 5.56. The van der Waals surface area contributed by atoms with E-state index in [1.807, 2.05) is 41.5 Å². The summed E-state index contributed by atoms with van der Waals surface area (Å²) >= 11 is 0. The number of hydrogen-bond acceptors (Lipinski definition) is 9. The van der Waals surface area contributed by atoms with Crippen molar-refractivity contribution in [3.8, 4) is 5.75 Å². The number of likely N-dealkylation sites (N-methyl/N-ethyl adjacent to an activating group) is 1. The molecular weight excluding hydrogens is 482 g/mol. The van der Waals surface area contributed by atoms with Crippen LogP contribution in [0.3, 0.4) is 0 Å². The molecule has 0 radical (unpaired) electrons. The normalized spacial score (nSPS) is 17.8. The van der Waals surface area contributed by atoms with Crippen molar-refractivity contribution >= 4 is 34.7 Å². The van der Waals surface area contributed by atoms with Crippen LogP contribution in [-0.2, 0) is 9.63 Å². The zero-order valence-electron chi connectivity index (χ0n) is 21.8. The van der Waals surface area contributed by atoms with E-state index in [4.69, 9.17) is 14.6 Å². The zero-order valence-corrected chi connectivity index (χ0v) is 21.8. The average Bonchev–Trinajstić information content (AvgIpc) is 3.45. The molecule has 1 atom stereocenters. The van der Waals surface area contributed by atoms with Gasteiger partial charge in [-0.3, -0.25) is 9.63 Å². The lowest BCUT2D eigenvalue weighted by Crippen LogP contribution is -2.44. The first kappa shape index (κ1) is 25.5. The molecule has 2 saturated heterocycles. The van der Waals surface area contributed by atoms with Gasteiger partial charge >= 0.3 is 0 Å². The van der Waals surface area contributed by atoms with Crippen molar-refractivity contribution in [2.24, 2.45) is 0 Å². The molecule has 0 aliphatic carbocycles. The molecular formula is C28H33N7O3. The van der Waals surface area contributed by atoms with E-state index in [0.29, 0.717) is 35.5 Å². The average molecular weight is 516 g/mol. The van der Waals surface area contributed by atoms with E-state index >= 15 is 0 Å². The Labute approximate surface area is 222 Å². The summed E-state index contributed by atoms with van der Waals surface area (Å²) in [7, 11) is 3.73. The standard InChI is InChI=1S/C28H33N7O3/c1-4-27(36)30-21-18-22(25(37-3)19-24(21)34-15-13-33(2)14-16-34)31-28-29-12-10-26(32-28)35-23(11-17-38-35)20-8-6-5-7-9-20/h4-10,12,18-19,23H,1,11,13-17H2,2-3H3,(H,30,36)(H,29,31,32)/t23-/m1/s1.